The van der Waals surface area contributed by atoms with Gasteiger partial charge in [-0.05, 0) is 51.0 Å². The van der Waals surface area contributed by atoms with E-state index in [0.717, 1.165) is 34.8 Å². The van der Waals surface area contributed by atoms with Gasteiger partial charge in [-0.25, -0.2) is 0 Å². The van der Waals surface area contributed by atoms with Gasteiger partial charge < -0.3 is 15.5 Å². The molecule has 0 aliphatic carbocycles. The monoisotopic (exact) mass is 329 g/mol. The highest BCUT2D eigenvalue weighted by molar-refractivity contribution is 7.16. The molecular weight excluding hydrogens is 306 g/mol. The molecule has 1 aromatic heterocycles. The van der Waals surface area contributed by atoms with Crippen LogP contribution in [0.25, 0.3) is 0 Å². The van der Waals surface area contributed by atoms with E-state index in [-0.39, 0.29) is 12.1 Å². The van der Waals surface area contributed by atoms with Crippen LogP contribution in [0.2, 0.25) is 0 Å². The first-order chi connectivity index (χ1) is 11.0. The summed E-state index contributed by atoms with van der Waals surface area (Å²) in [6.07, 6.45) is -0.168. The molecule has 1 aliphatic rings. The minimum atomic E-state index is -0.168. The van der Waals surface area contributed by atoms with Crippen molar-refractivity contribution in [1.29, 1.82) is 0 Å². The Hall–Kier alpha value is -2.01. The summed E-state index contributed by atoms with van der Waals surface area (Å²) in [5.41, 5.74) is 4.15. The molecule has 4 nitrogen and oxygen atoms in total. The third-order valence-corrected chi connectivity index (χ3v) is 5.66. The Kier molecular flexibility index (Phi) is 4.31. The normalized spacial score (nSPS) is 16.5. The molecule has 1 aromatic carbocycles. The zero-order chi connectivity index (χ0) is 16.6. The van der Waals surface area contributed by atoms with Gasteiger partial charge in [0.2, 0.25) is 0 Å². The molecule has 0 saturated heterocycles. The van der Waals surface area contributed by atoms with E-state index in [0.29, 0.717) is 0 Å². The van der Waals surface area contributed by atoms with Gasteiger partial charge in [0.1, 0.15) is 11.2 Å². The van der Waals surface area contributed by atoms with Crippen LogP contribution in [0.4, 0.5) is 10.7 Å². The molecule has 0 saturated carbocycles. The molecule has 0 radical (unpaired) electrons. The summed E-state index contributed by atoms with van der Waals surface area (Å²) >= 11 is 1.65. The van der Waals surface area contributed by atoms with Crippen molar-refractivity contribution in [3.05, 3.63) is 45.8 Å². The van der Waals surface area contributed by atoms with Gasteiger partial charge in [-0.3, -0.25) is 4.79 Å². The molecule has 0 unspecified atom stereocenters. The molecule has 1 aliphatic heterocycles. The van der Waals surface area contributed by atoms with Crippen LogP contribution in [-0.2, 0) is 0 Å². The van der Waals surface area contributed by atoms with E-state index in [1.54, 1.807) is 11.3 Å². The van der Waals surface area contributed by atoms with Gasteiger partial charge >= 0.3 is 0 Å². The van der Waals surface area contributed by atoms with E-state index in [4.69, 9.17) is 0 Å². The molecule has 0 bridgehead atoms. The van der Waals surface area contributed by atoms with Crippen LogP contribution in [-0.4, -0.2) is 19.0 Å². The number of hydrogen-bond donors (Lipinski definition) is 2. The van der Waals surface area contributed by atoms with Crippen molar-refractivity contribution in [2.75, 3.05) is 23.3 Å². The van der Waals surface area contributed by atoms with Gasteiger partial charge in [0, 0.05) is 23.7 Å². The summed E-state index contributed by atoms with van der Waals surface area (Å²) in [4.78, 5) is 15.9. The number of rotatable bonds is 4. The Balaban J connectivity index is 1.85. The van der Waals surface area contributed by atoms with Gasteiger partial charge in [0.25, 0.3) is 5.91 Å². The van der Waals surface area contributed by atoms with Crippen LogP contribution in [0.5, 0.6) is 0 Å². The first-order valence-corrected chi connectivity index (χ1v) is 8.89. The Bertz CT molecular complexity index is 717. The predicted octanol–water partition coefficient (Wildman–Crippen LogP) is 4.07. The third-order valence-electron chi connectivity index (χ3n) is 4.52. The molecule has 122 valence electrons. The molecule has 0 fully saturated rings. The Morgan fingerprint density at radius 2 is 1.74 bits per heavy atom. The standard InChI is InChI=1S/C18H23N3OS/c1-5-21(6-2)14-9-7-13(8-10-14)16-19-17(22)15-11(3)12(4)23-18(15)20-16/h7-10,16,20H,5-6H2,1-4H3,(H,19,22)/t16-/m0/s1. The second-order valence-electron chi connectivity index (χ2n) is 5.80. The first-order valence-electron chi connectivity index (χ1n) is 8.07. The number of hydrogen-bond acceptors (Lipinski definition) is 4. The van der Waals surface area contributed by atoms with Gasteiger partial charge in [-0.15, -0.1) is 11.3 Å². The highest BCUT2D eigenvalue weighted by Crippen LogP contribution is 2.37. The minimum absolute atomic E-state index is 0.0124. The fourth-order valence-corrected chi connectivity index (χ4v) is 4.09. The average molecular weight is 329 g/mol. The maximum absolute atomic E-state index is 12.4. The maximum atomic E-state index is 12.4. The van der Waals surface area contributed by atoms with Crippen molar-refractivity contribution in [3.8, 4) is 0 Å². The van der Waals surface area contributed by atoms with E-state index in [1.807, 2.05) is 6.92 Å². The van der Waals surface area contributed by atoms with E-state index in [2.05, 4.69) is 60.6 Å². The number of amides is 1. The summed E-state index contributed by atoms with van der Waals surface area (Å²) in [6.45, 7) is 10.4. The topological polar surface area (TPSA) is 44.4 Å². The number of aryl methyl sites for hydroxylation is 1. The minimum Gasteiger partial charge on any atom is -0.372 e. The lowest BCUT2D eigenvalue weighted by atomic mass is 10.1. The van der Waals surface area contributed by atoms with Crippen LogP contribution in [0, 0.1) is 13.8 Å². The Labute approximate surface area is 141 Å². The highest BCUT2D eigenvalue weighted by Gasteiger charge is 2.28. The quantitative estimate of drug-likeness (QED) is 0.889. The molecule has 23 heavy (non-hydrogen) atoms. The van der Waals surface area contributed by atoms with Gasteiger partial charge in [0.05, 0.1) is 5.56 Å². The zero-order valence-corrected chi connectivity index (χ0v) is 14.9. The first kappa shape index (κ1) is 15.9. The zero-order valence-electron chi connectivity index (χ0n) is 14.1. The molecule has 3 rings (SSSR count). The summed E-state index contributed by atoms with van der Waals surface area (Å²) < 4.78 is 0. The summed E-state index contributed by atoms with van der Waals surface area (Å²) in [6, 6.07) is 8.42. The Morgan fingerprint density at radius 1 is 1.09 bits per heavy atom. The number of nitrogens with zero attached hydrogens (tertiary/aromatic N) is 1. The molecule has 1 amide bonds. The molecule has 5 heteroatoms. The number of thiophene rings is 1. The largest absolute Gasteiger partial charge is 0.372 e. The van der Waals surface area contributed by atoms with Crippen molar-refractivity contribution in [1.82, 2.24) is 5.32 Å². The van der Waals surface area contributed by atoms with Crippen molar-refractivity contribution >= 4 is 27.9 Å². The average Bonchev–Trinajstić information content (AvgIpc) is 2.84. The van der Waals surface area contributed by atoms with Crippen LogP contribution in [0.3, 0.4) is 0 Å². The van der Waals surface area contributed by atoms with E-state index >= 15 is 0 Å². The molecular formula is C18H23N3OS. The molecule has 1 atom stereocenters. The lowest BCUT2D eigenvalue weighted by Crippen LogP contribution is -2.38. The third kappa shape index (κ3) is 2.81. The van der Waals surface area contributed by atoms with Gasteiger partial charge in [-0.2, -0.15) is 0 Å². The van der Waals surface area contributed by atoms with Gasteiger partial charge in [-0.1, -0.05) is 12.1 Å². The van der Waals surface area contributed by atoms with E-state index in [1.165, 1.54) is 10.6 Å². The molecule has 2 heterocycles. The number of carbonyl (C=O) groups is 1. The van der Waals surface area contributed by atoms with Crippen molar-refractivity contribution in [2.24, 2.45) is 0 Å². The number of carbonyl (C=O) groups excluding carboxylic acids is 1. The van der Waals surface area contributed by atoms with Crippen molar-refractivity contribution in [3.63, 3.8) is 0 Å². The Morgan fingerprint density at radius 3 is 2.35 bits per heavy atom. The smallest absolute Gasteiger partial charge is 0.256 e. The number of benzene rings is 1. The lowest BCUT2D eigenvalue weighted by Gasteiger charge is -2.27. The van der Waals surface area contributed by atoms with Crippen LogP contribution >= 0.6 is 11.3 Å². The number of anilines is 2. The van der Waals surface area contributed by atoms with Crippen LogP contribution in [0.15, 0.2) is 24.3 Å². The second kappa shape index (κ2) is 6.24. The van der Waals surface area contributed by atoms with Crippen LogP contribution < -0.4 is 15.5 Å². The fraction of sp³-hybridized carbons (Fsp3) is 0.389. The summed E-state index contributed by atoms with van der Waals surface area (Å²) in [5.74, 6) is 0.0124. The summed E-state index contributed by atoms with van der Waals surface area (Å²) in [7, 11) is 0. The predicted molar refractivity (Wildman–Crippen MR) is 97.6 cm³/mol. The molecule has 2 aromatic rings. The number of nitrogens with one attached hydrogen (secondary N) is 2. The van der Waals surface area contributed by atoms with E-state index < -0.39 is 0 Å². The van der Waals surface area contributed by atoms with Crippen molar-refractivity contribution < 1.29 is 4.79 Å². The second-order valence-corrected chi connectivity index (χ2v) is 7.03. The lowest BCUT2D eigenvalue weighted by molar-refractivity contribution is 0.0936. The molecule has 0 spiro atoms. The number of fused-ring (bicyclic) bond motifs is 1. The highest BCUT2D eigenvalue weighted by atomic mass is 32.1. The maximum Gasteiger partial charge on any atom is 0.256 e. The van der Waals surface area contributed by atoms with E-state index in [9.17, 15) is 4.79 Å². The summed E-state index contributed by atoms with van der Waals surface area (Å²) in [5, 5.41) is 7.49. The van der Waals surface area contributed by atoms with Crippen molar-refractivity contribution in [2.45, 2.75) is 33.9 Å². The van der Waals surface area contributed by atoms with Crippen LogP contribution in [0.1, 0.15) is 46.4 Å². The van der Waals surface area contributed by atoms with Gasteiger partial charge in [0.15, 0.2) is 0 Å². The SMILES string of the molecule is CCN(CC)c1ccc([C@H]2NC(=O)c3c(sc(C)c3C)N2)cc1. The fourth-order valence-electron chi connectivity index (χ4n) is 3.01. The molecule has 2 N–H and O–H groups in total.